The minimum Gasteiger partial charge on any atom is -0.481 e. The molecule has 6 heteroatoms. The van der Waals surface area contributed by atoms with E-state index in [-0.39, 0.29) is 18.2 Å². The minimum atomic E-state index is -0.987. The van der Waals surface area contributed by atoms with Gasteiger partial charge in [0.2, 0.25) is 11.8 Å². The molecule has 0 radical (unpaired) electrons. The molecule has 0 heterocycles. The fourth-order valence-corrected chi connectivity index (χ4v) is 4.29. The second kappa shape index (κ2) is 19.0. The Morgan fingerprint density at radius 1 is 0.794 bits per heavy atom. The molecule has 0 aliphatic heterocycles. The van der Waals surface area contributed by atoms with Crippen LogP contribution in [0, 0.1) is 5.92 Å². The van der Waals surface area contributed by atoms with Crippen molar-refractivity contribution < 1.29 is 19.5 Å². The number of carbonyl (C=O) groups excluding carboxylic acids is 2. The third-order valence-corrected chi connectivity index (χ3v) is 6.36. The monoisotopic (exact) mass is 474 g/mol. The molecule has 2 amide bonds. The lowest BCUT2D eigenvalue weighted by Crippen LogP contribution is -2.49. The molecule has 0 unspecified atom stereocenters. The zero-order valence-corrected chi connectivity index (χ0v) is 21.3. The number of nitrogens with one attached hydrogen (secondary N) is 2. The summed E-state index contributed by atoms with van der Waals surface area (Å²) in [6.07, 6.45) is 15.4. The van der Waals surface area contributed by atoms with E-state index in [1.165, 1.54) is 64.8 Å². The van der Waals surface area contributed by atoms with Gasteiger partial charge in [-0.1, -0.05) is 114 Å². The van der Waals surface area contributed by atoms with Crippen LogP contribution in [0.5, 0.6) is 0 Å². The van der Waals surface area contributed by atoms with Crippen molar-refractivity contribution in [3.05, 3.63) is 35.9 Å². The molecule has 6 nitrogen and oxygen atoms in total. The van der Waals surface area contributed by atoms with Crippen LogP contribution in [-0.4, -0.2) is 36.0 Å². The van der Waals surface area contributed by atoms with Crippen molar-refractivity contribution in [1.82, 2.24) is 10.6 Å². The van der Waals surface area contributed by atoms with E-state index in [0.29, 0.717) is 12.8 Å². The molecule has 34 heavy (non-hydrogen) atoms. The van der Waals surface area contributed by atoms with E-state index in [0.717, 1.165) is 24.8 Å². The Morgan fingerprint density at radius 3 is 1.82 bits per heavy atom. The summed E-state index contributed by atoms with van der Waals surface area (Å²) in [4.78, 5) is 36.5. The highest BCUT2D eigenvalue weighted by molar-refractivity contribution is 5.89. The molecular formula is C28H46N2O4. The summed E-state index contributed by atoms with van der Waals surface area (Å²) in [6, 6.07) is 8.76. The second-order valence-electron chi connectivity index (χ2n) is 9.34. The summed E-state index contributed by atoms with van der Waals surface area (Å²) in [5.41, 5.74) is 0.937. The highest BCUT2D eigenvalue weighted by Gasteiger charge is 2.26. The number of benzene rings is 1. The molecule has 1 rings (SSSR count). The highest BCUT2D eigenvalue weighted by Crippen LogP contribution is 2.18. The van der Waals surface area contributed by atoms with Gasteiger partial charge in [-0.05, 0) is 12.0 Å². The number of amides is 2. The quantitative estimate of drug-likeness (QED) is 0.213. The molecule has 0 spiro atoms. The zero-order chi connectivity index (χ0) is 25.0. The molecule has 0 saturated heterocycles. The Morgan fingerprint density at radius 2 is 1.32 bits per heavy atom. The lowest BCUT2D eigenvalue weighted by atomic mass is 9.95. The number of hydrogen-bond donors (Lipinski definition) is 3. The van der Waals surface area contributed by atoms with Gasteiger partial charge in [-0.3, -0.25) is 14.4 Å². The fourth-order valence-electron chi connectivity index (χ4n) is 4.29. The highest BCUT2D eigenvalue weighted by atomic mass is 16.4. The van der Waals surface area contributed by atoms with E-state index >= 15 is 0 Å². The van der Waals surface area contributed by atoms with Gasteiger partial charge in [-0.2, -0.15) is 0 Å². The van der Waals surface area contributed by atoms with Gasteiger partial charge in [0.25, 0.3) is 0 Å². The summed E-state index contributed by atoms with van der Waals surface area (Å²) in [5.74, 6) is -2.24. The Bertz CT molecular complexity index is 693. The van der Waals surface area contributed by atoms with Gasteiger partial charge in [0.1, 0.15) is 6.04 Å². The van der Waals surface area contributed by atoms with Gasteiger partial charge in [0.05, 0.1) is 6.42 Å². The molecule has 2 atom stereocenters. The van der Waals surface area contributed by atoms with Crippen molar-refractivity contribution in [2.45, 2.75) is 109 Å². The fraction of sp³-hybridized carbons (Fsp3) is 0.679. The third-order valence-electron chi connectivity index (χ3n) is 6.36. The molecule has 192 valence electrons. The second-order valence-corrected chi connectivity index (χ2v) is 9.34. The van der Waals surface area contributed by atoms with Crippen molar-refractivity contribution in [1.29, 1.82) is 0 Å². The predicted molar refractivity (Wildman–Crippen MR) is 138 cm³/mol. The van der Waals surface area contributed by atoms with Crippen LogP contribution in [0.15, 0.2) is 30.3 Å². The van der Waals surface area contributed by atoms with Gasteiger partial charge in [-0.25, -0.2) is 0 Å². The number of aliphatic carboxylic acids is 1. The van der Waals surface area contributed by atoms with Crippen LogP contribution in [0.2, 0.25) is 0 Å². The maximum absolute atomic E-state index is 12.9. The first kappa shape index (κ1) is 29.7. The Kier molecular flexibility index (Phi) is 16.6. The van der Waals surface area contributed by atoms with E-state index in [9.17, 15) is 19.5 Å². The number of hydrogen-bond acceptors (Lipinski definition) is 3. The van der Waals surface area contributed by atoms with Crippen LogP contribution in [0.1, 0.15) is 102 Å². The van der Waals surface area contributed by atoms with Crippen LogP contribution in [0.4, 0.5) is 0 Å². The van der Waals surface area contributed by atoms with E-state index in [1.54, 1.807) is 0 Å². The van der Waals surface area contributed by atoms with E-state index in [4.69, 9.17) is 0 Å². The van der Waals surface area contributed by atoms with Crippen molar-refractivity contribution in [3.8, 4) is 0 Å². The molecule has 1 aromatic carbocycles. The normalized spacial score (nSPS) is 12.6. The molecule has 0 aromatic heterocycles. The van der Waals surface area contributed by atoms with Gasteiger partial charge in [-0.15, -0.1) is 0 Å². The summed E-state index contributed by atoms with van der Waals surface area (Å²) in [7, 11) is 1.54. The molecule has 0 saturated carbocycles. The summed E-state index contributed by atoms with van der Waals surface area (Å²) in [6.45, 7) is 2.24. The molecular weight excluding hydrogens is 428 g/mol. The number of carboxylic acids is 1. The Balaban J connectivity index is 2.39. The van der Waals surface area contributed by atoms with E-state index in [1.807, 2.05) is 30.3 Å². The lowest BCUT2D eigenvalue weighted by molar-refractivity contribution is -0.141. The maximum atomic E-state index is 12.9. The topological polar surface area (TPSA) is 95.5 Å². The lowest BCUT2D eigenvalue weighted by Gasteiger charge is -2.21. The van der Waals surface area contributed by atoms with Gasteiger partial charge < -0.3 is 15.7 Å². The van der Waals surface area contributed by atoms with E-state index in [2.05, 4.69) is 17.6 Å². The van der Waals surface area contributed by atoms with Crippen LogP contribution >= 0.6 is 0 Å². The third kappa shape index (κ3) is 14.0. The zero-order valence-electron chi connectivity index (χ0n) is 21.3. The number of likely N-dealkylation sites (N-methyl/N-ethyl adjacent to an activating group) is 1. The minimum absolute atomic E-state index is 0.213. The van der Waals surface area contributed by atoms with Gasteiger partial charge in [0.15, 0.2) is 0 Å². The summed E-state index contributed by atoms with van der Waals surface area (Å²) in [5, 5.41) is 14.7. The summed E-state index contributed by atoms with van der Waals surface area (Å²) >= 11 is 0. The first-order chi connectivity index (χ1) is 16.5. The number of unbranched alkanes of at least 4 members (excludes halogenated alkanes) is 11. The number of carboxylic acid groups (broad SMARTS) is 1. The molecule has 0 aliphatic rings. The van der Waals surface area contributed by atoms with Crippen molar-refractivity contribution in [2.24, 2.45) is 5.92 Å². The summed E-state index contributed by atoms with van der Waals surface area (Å²) < 4.78 is 0. The predicted octanol–water partition coefficient (Wildman–Crippen LogP) is 5.64. The van der Waals surface area contributed by atoms with E-state index < -0.39 is 17.9 Å². The first-order valence-corrected chi connectivity index (χ1v) is 13.3. The van der Waals surface area contributed by atoms with Crippen molar-refractivity contribution in [3.63, 3.8) is 0 Å². The van der Waals surface area contributed by atoms with Gasteiger partial charge >= 0.3 is 5.97 Å². The maximum Gasteiger partial charge on any atom is 0.304 e. The van der Waals surface area contributed by atoms with Crippen LogP contribution in [0.3, 0.4) is 0 Å². The van der Waals surface area contributed by atoms with Crippen molar-refractivity contribution >= 4 is 17.8 Å². The standard InChI is InChI=1S/C28H46N2O4/c1-3-4-5-6-7-8-9-10-11-12-13-17-20-24(22-26(31)32)27(33)30-25(28(34)29-2)21-23-18-15-14-16-19-23/h14-16,18-19,24-25H,3-13,17,20-22H2,1-2H3,(H,29,34)(H,30,33)(H,31,32)/t24-,25+/m1/s1. The molecule has 1 aromatic rings. The molecule has 0 bridgehead atoms. The molecule has 3 N–H and O–H groups in total. The molecule has 0 aliphatic carbocycles. The van der Waals surface area contributed by atoms with Crippen LogP contribution in [-0.2, 0) is 20.8 Å². The largest absolute Gasteiger partial charge is 0.481 e. The number of rotatable bonds is 20. The Labute approximate surface area is 206 Å². The Hall–Kier alpha value is -2.37. The number of carbonyl (C=O) groups is 3. The average molecular weight is 475 g/mol. The van der Waals surface area contributed by atoms with Crippen LogP contribution in [0.25, 0.3) is 0 Å². The van der Waals surface area contributed by atoms with Crippen molar-refractivity contribution in [2.75, 3.05) is 7.05 Å². The first-order valence-electron chi connectivity index (χ1n) is 13.3. The molecule has 0 fully saturated rings. The SMILES string of the molecule is CCCCCCCCCCCCCC[C@H](CC(=O)O)C(=O)N[C@@H](Cc1ccccc1)C(=O)NC. The average Bonchev–Trinajstić information content (AvgIpc) is 2.83. The smallest absolute Gasteiger partial charge is 0.304 e. The van der Waals surface area contributed by atoms with Crippen LogP contribution < -0.4 is 10.6 Å². The van der Waals surface area contributed by atoms with Gasteiger partial charge in [0, 0.05) is 19.4 Å².